The summed E-state index contributed by atoms with van der Waals surface area (Å²) in [6, 6.07) is 10.8. The molecule has 1 aliphatic heterocycles. The molecule has 0 bridgehead atoms. The number of carbonyl (C=O) groups excluding carboxylic acids is 2. The summed E-state index contributed by atoms with van der Waals surface area (Å²) in [7, 11) is 3.75. The lowest BCUT2D eigenvalue weighted by Crippen LogP contribution is -2.32. The lowest BCUT2D eigenvalue weighted by Gasteiger charge is -2.19. The lowest BCUT2D eigenvalue weighted by molar-refractivity contribution is -0.105. The van der Waals surface area contributed by atoms with Gasteiger partial charge in [0.15, 0.2) is 0 Å². The van der Waals surface area contributed by atoms with Crippen molar-refractivity contribution in [3.05, 3.63) is 85.2 Å². The third-order valence-corrected chi connectivity index (χ3v) is 7.33. The van der Waals surface area contributed by atoms with Crippen molar-refractivity contribution >= 4 is 64.6 Å². The third-order valence-electron chi connectivity index (χ3n) is 5.09. The van der Waals surface area contributed by atoms with Gasteiger partial charge in [-0.05, 0) is 67.2 Å². The number of benzene rings is 2. The molecule has 196 valence electrons. The number of aromatic nitrogens is 1. The fourth-order valence-electron chi connectivity index (χ4n) is 3.52. The van der Waals surface area contributed by atoms with Crippen molar-refractivity contribution in [2.45, 2.75) is 28.3 Å². The molecule has 0 saturated carbocycles. The van der Waals surface area contributed by atoms with E-state index in [0.717, 1.165) is 29.0 Å². The number of hydrogen-bond donors (Lipinski definition) is 3. The second-order valence-corrected chi connectivity index (χ2v) is 10.2. The fraction of sp³-hybridized carbons (Fsp3) is 0.208. The van der Waals surface area contributed by atoms with Crippen molar-refractivity contribution in [3.63, 3.8) is 0 Å². The van der Waals surface area contributed by atoms with E-state index in [4.69, 9.17) is 34.8 Å². The Kier molecular flexibility index (Phi) is 9.60. The van der Waals surface area contributed by atoms with Crippen LogP contribution >= 0.6 is 46.6 Å². The predicted molar refractivity (Wildman–Crippen MR) is 142 cm³/mol. The first-order valence-electron chi connectivity index (χ1n) is 10.7. The zero-order chi connectivity index (χ0) is 27.3. The number of anilines is 1. The highest BCUT2D eigenvalue weighted by Crippen LogP contribution is 2.41. The number of H-pyrrole nitrogens is 1. The van der Waals surface area contributed by atoms with Crippen LogP contribution in [0.25, 0.3) is 0 Å². The van der Waals surface area contributed by atoms with Gasteiger partial charge in [-0.15, -0.1) is 0 Å². The van der Waals surface area contributed by atoms with Gasteiger partial charge < -0.3 is 20.5 Å². The van der Waals surface area contributed by atoms with Crippen LogP contribution in [0.2, 0.25) is 10.0 Å². The smallest absolute Gasteiger partial charge is 0.330 e. The second-order valence-electron chi connectivity index (χ2n) is 7.81. The van der Waals surface area contributed by atoms with Gasteiger partial charge in [0.2, 0.25) is 6.41 Å². The van der Waals surface area contributed by atoms with E-state index >= 15 is 0 Å². The van der Waals surface area contributed by atoms with Gasteiger partial charge in [-0.25, -0.2) is 0 Å². The molecule has 3 aromatic rings. The summed E-state index contributed by atoms with van der Waals surface area (Å²) in [6.45, 7) is 0.353. The van der Waals surface area contributed by atoms with E-state index in [1.54, 1.807) is 36.4 Å². The minimum absolute atomic E-state index is 0.0710. The molecule has 2 heterocycles. The number of carbonyl (C=O) groups is 2. The average Bonchev–Trinajstić information content (AvgIpc) is 3.25. The number of alkyl halides is 3. The van der Waals surface area contributed by atoms with Crippen LogP contribution < -0.4 is 16.2 Å². The van der Waals surface area contributed by atoms with E-state index < -0.39 is 22.5 Å². The molecule has 37 heavy (non-hydrogen) atoms. The molecule has 1 aliphatic rings. The van der Waals surface area contributed by atoms with Gasteiger partial charge in [0, 0.05) is 28.6 Å². The maximum absolute atomic E-state index is 13.8. The summed E-state index contributed by atoms with van der Waals surface area (Å²) in [6.07, 6.45) is 0.538. The van der Waals surface area contributed by atoms with Gasteiger partial charge in [-0.2, -0.15) is 8.78 Å². The van der Waals surface area contributed by atoms with Crippen LogP contribution in [0.4, 0.5) is 14.5 Å². The van der Waals surface area contributed by atoms with E-state index in [2.05, 4.69) is 10.6 Å². The fourth-order valence-corrected chi connectivity index (χ4v) is 5.26. The highest BCUT2D eigenvalue weighted by molar-refractivity contribution is 7.99. The first-order valence-corrected chi connectivity index (χ1v) is 12.6. The number of rotatable bonds is 6. The van der Waals surface area contributed by atoms with E-state index in [-0.39, 0.29) is 33.6 Å². The number of aromatic amines is 1. The Hall–Kier alpha value is -2.63. The molecule has 0 aliphatic carbocycles. The lowest BCUT2D eigenvalue weighted by atomic mass is 10.1. The maximum atomic E-state index is 13.8. The molecule has 2 aromatic carbocycles. The first-order chi connectivity index (χ1) is 17.5. The number of pyridine rings is 1. The molecule has 4 rings (SSSR count). The van der Waals surface area contributed by atoms with Crippen molar-refractivity contribution < 1.29 is 18.4 Å². The van der Waals surface area contributed by atoms with Gasteiger partial charge in [-0.1, -0.05) is 47.1 Å². The topological polar surface area (TPSA) is 94.3 Å². The highest BCUT2D eigenvalue weighted by Gasteiger charge is 2.34. The molecular weight excluding hydrogens is 569 g/mol. The largest absolute Gasteiger partial charge is 0.362 e. The summed E-state index contributed by atoms with van der Waals surface area (Å²) in [5.41, 5.74) is -0.0651. The van der Waals surface area contributed by atoms with Gasteiger partial charge >= 0.3 is 5.38 Å². The summed E-state index contributed by atoms with van der Waals surface area (Å²) < 4.78 is 27.7. The quantitative estimate of drug-likeness (QED) is 0.254. The Labute approximate surface area is 230 Å². The standard InChI is InChI=1S/C22H14Cl3F2N3O3S.C2H7N/c23-14-2-1-3-15(24)19(14)34-16-7-17(22(25,26)27)29-20(32)18(16)21(33)30-8-11-4-5-13(28-10-31)6-12(11)9-30;1-3-2/h1-7,10H,8-9H2,(H,28,31)(H,29,32);3H,1-2H3. The van der Waals surface area contributed by atoms with E-state index in [9.17, 15) is 23.2 Å². The molecule has 0 radical (unpaired) electrons. The molecule has 13 heteroatoms. The monoisotopic (exact) mass is 588 g/mol. The molecule has 0 unspecified atom stereocenters. The molecule has 7 nitrogen and oxygen atoms in total. The van der Waals surface area contributed by atoms with Crippen molar-refractivity contribution in [1.82, 2.24) is 15.2 Å². The molecule has 3 N–H and O–H groups in total. The summed E-state index contributed by atoms with van der Waals surface area (Å²) >= 11 is 18.4. The SMILES string of the molecule is CNC.O=CNc1ccc2c(c1)CN(C(=O)c1c(Sc3c(Cl)cccc3Cl)cc(C(F)(F)Cl)[nH]c1=O)C2. The summed E-state index contributed by atoms with van der Waals surface area (Å²) in [4.78, 5) is 40.6. The molecule has 0 atom stereocenters. The Morgan fingerprint density at radius 1 is 1.11 bits per heavy atom. The molecule has 1 aromatic heterocycles. The predicted octanol–water partition coefficient (Wildman–Crippen LogP) is 5.68. The van der Waals surface area contributed by atoms with Gasteiger partial charge in [0.05, 0.1) is 10.0 Å². The molecule has 2 amide bonds. The number of nitrogens with zero attached hydrogens (tertiary/aromatic N) is 1. The van der Waals surface area contributed by atoms with E-state index in [1.807, 2.05) is 19.1 Å². The van der Waals surface area contributed by atoms with Crippen molar-refractivity contribution in [2.75, 3.05) is 19.4 Å². The molecule has 0 saturated heterocycles. The number of nitrogens with one attached hydrogen (secondary N) is 3. The van der Waals surface area contributed by atoms with Gasteiger partial charge in [-0.3, -0.25) is 14.4 Å². The third kappa shape index (κ3) is 6.82. The normalized spacial score (nSPS) is 12.5. The van der Waals surface area contributed by atoms with E-state index in [1.165, 1.54) is 4.90 Å². The maximum Gasteiger partial charge on any atom is 0.362 e. The highest BCUT2D eigenvalue weighted by atomic mass is 35.5. The Morgan fingerprint density at radius 3 is 2.32 bits per heavy atom. The van der Waals surface area contributed by atoms with Gasteiger partial charge in [0.25, 0.3) is 11.5 Å². The second kappa shape index (κ2) is 12.3. The van der Waals surface area contributed by atoms with Crippen LogP contribution in [-0.4, -0.2) is 36.3 Å². The van der Waals surface area contributed by atoms with Crippen molar-refractivity contribution in [2.24, 2.45) is 0 Å². The minimum Gasteiger partial charge on any atom is -0.330 e. The van der Waals surface area contributed by atoms with Crippen LogP contribution in [0.15, 0.2) is 57.1 Å². The van der Waals surface area contributed by atoms with Crippen molar-refractivity contribution in [3.8, 4) is 0 Å². The van der Waals surface area contributed by atoms with E-state index in [0.29, 0.717) is 17.0 Å². The van der Waals surface area contributed by atoms with Crippen LogP contribution in [-0.2, 0) is 23.3 Å². The van der Waals surface area contributed by atoms with Crippen LogP contribution in [0.3, 0.4) is 0 Å². The number of hydrogen-bond acceptors (Lipinski definition) is 5. The van der Waals surface area contributed by atoms with Crippen LogP contribution in [0.5, 0.6) is 0 Å². The van der Waals surface area contributed by atoms with Crippen LogP contribution in [0, 0.1) is 0 Å². The molecule has 0 fully saturated rings. The summed E-state index contributed by atoms with van der Waals surface area (Å²) in [5.74, 6) is -0.669. The zero-order valence-electron chi connectivity index (χ0n) is 19.5. The molecule has 0 spiro atoms. The molecular formula is C24H21Cl3F2N4O3S. The Balaban J connectivity index is 0.00000121. The minimum atomic E-state index is -3.87. The average molecular weight is 590 g/mol. The number of halogens is 5. The Morgan fingerprint density at radius 2 is 1.73 bits per heavy atom. The van der Waals surface area contributed by atoms with Crippen molar-refractivity contribution in [1.29, 1.82) is 0 Å². The Bertz CT molecular complexity index is 1360. The zero-order valence-corrected chi connectivity index (χ0v) is 22.6. The summed E-state index contributed by atoms with van der Waals surface area (Å²) in [5, 5.41) is 1.86. The van der Waals surface area contributed by atoms with Gasteiger partial charge in [0.1, 0.15) is 11.3 Å². The first kappa shape index (κ1) is 28.9. The number of fused-ring (bicyclic) bond motifs is 1. The van der Waals surface area contributed by atoms with Crippen LogP contribution in [0.1, 0.15) is 27.2 Å². The number of amides is 2.